The standard InChI is InChI=1S/C32H36N4O5/c1-32(2,3)28-21-29(36(34-28)22-9-11-23(39-4)12-10-22)33-31(38)30(37)26-13-14-27(25-8-6-5-7-24(25)26)41-20-17-35-15-18-40-19-16-35/h5-14,21H,15-20H2,1-4H3,(H,33,38). The Labute approximate surface area is 240 Å². The number of carbonyl (C=O) groups excluding carboxylic acids is 2. The van der Waals surface area contributed by atoms with Crippen molar-refractivity contribution >= 4 is 28.3 Å². The molecule has 0 saturated carbocycles. The molecule has 0 aliphatic carbocycles. The summed E-state index contributed by atoms with van der Waals surface area (Å²) in [5, 5.41) is 9.00. The van der Waals surface area contributed by atoms with E-state index in [9.17, 15) is 9.59 Å². The number of aromatic nitrogens is 2. The second-order valence-corrected chi connectivity index (χ2v) is 11.0. The number of nitrogens with zero attached hydrogens (tertiary/aromatic N) is 3. The number of amides is 1. The van der Waals surface area contributed by atoms with Gasteiger partial charge in [0.05, 0.1) is 31.7 Å². The number of fused-ring (bicyclic) bond motifs is 1. The maximum atomic E-state index is 13.5. The molecular weight excluding hydrogens is 520 g/mol. The van der Waals surface area contributed by atoms with Gasteiger partial charge < -0.3 is 19.5 Å². The van der Waals surface area contributed by atoms with Crippen LogP contribution in [-0.2, 0) is 14.9 Å². The zero-order valence-electron chi connectivity index (χ0n) is 24.0. The minimum absolute atomic E-state index is 0.269. The first-order valence-electron chi connectivity index (χ1n) is 13.8. The van der Waals surface area contributed by atoms with E-state index in [2.05, 4.69) is 10.2 Å². The molecule has 1 aliphatic rings. The number of ketones is 1. The van der Waals surface area contributed by atoms with Gasteiger partial charge in [0.2, 0.25) is 0 Å². The lowest BCUT2D eigenvalue weighted by molar-refractivity contribution is -0.112. The highest BCUT2D eigenvalue weighted by Gasteiger charge is 2.25. The summed E-state index contributed by atoms with van der Waals surface area (Å²) < 4.78 is 18.4. The Morgan fingerprint density at radius 3 is 2.37 bits per heavy atom. The minimum atomic E-state index is -0.744. The van der Waals surface area contributed by atoms with Crippen LogP contribution in [0.2, 0.25) is 0 Å². The summed E-state index contributed by atoms with van der Waals surface area (Å²) >= 11 is 0. The maximum absolute atomic E-state index is 13.5. The van der Waals surface area contributed by atoms with Gasteiger partial charge in [-0.2, -0.15) is 5.10 Å². The number of nitrogens with one attached hydrogen (secondary N) is 1. The number of rotatable bonds is 9. The monoisotopic (exact) mass is 556 g/mol. The van der Waals surface area contributed by atoms with E-state index in [1.165, 1.54) is 0 Å². The summed E-state index contributed by atoms with van der Waals surface area (Å²) in [4.78, 5) is 29.2. The third-order valence-corrected chi connectivity index (χ3v) is 7.14. The third kappa shape index (κ3) is 6.42. The summed E-state index contributed by atoms with van der Waals surface area (Å²) in [6.45, 7) is 10.7. The van der Waals surface area contributed by atoms with Crippen LogP contribution in [0.3, 0.4) is 0 Å². The van der Waals surface area contributed by atoms with Crippen LogP contribution in [0.5, 0.6) is 11.5 Å². The van der Waals surface area contributed by atoms with Gasteiger partial charge in [-0.05, 0) is 41.8 Å². The molecule has 0 radical (unpaired) electrons. The second-order valence-electron chi connectivity index (χ2n) is 11.0. The van der Waals surface area contributed by atoms with Crippen LogP contribution in [0.25, 0.3) is 16.5 Å². The van der Waals surface area contributed by atoms with Crippen molar-refractivity contribution in [1.82, 2.24) is 14.7 Å². The lowest BCUT2D eigenvalue weighted by atomic mass is 9.92. The van der Waals surface area contributed by atoms with Crippen LogP contribution < -0.4 is 14.8 Å². The van der Waals surface area contributed by atoms with Crippen molar-refractivity contribution in [2.45, 2.75) is 26.2 Å². The van der Waals surface area contributed by atoms with Crippen molar-refractivity contribution in [3.8, 4) is 17.2 Å². The number of hydrogen-bond acceptors (Lipinski definition) is 7. The average Bonchev–Trinajstić information content (AvgIpc) is 3.42. The summed E-state index contributed by atoms with van der Waals surface area (Å²) in [5.41, 5.74) is 1.55. The fourth-order valence-corrected chi connectivity index (χ4v) is 4.76. The van der Waals surface area contributed by atoms with E-state index in [0.717, 1.165) is 49.6 Å². The molecule has 9 nitrogen and oxygen atoms in total. The Morgan fingerprint density at radius 1 is 0.976 bits per heavy atom. The molecule has 9 heteroatoms. The molecule has 0 spiro atoms. The van der Waals surface area contributed by atoms with Crippen LogP contribution in [0, 0.1) is 0 Å². The Morgan fingerprint density at radius 2 is 1.68 bits per heavy atom. The Bertz CT molecular complexity index is 1530. The SMILES string of the molecule is COc1ccc(-n2nc(C(C)(C)C)cc2NC(=O)C(=O)c2ccc(OCCN3CCOCC3)c3ccccc23)cc1. The second kappa shape index (κ2) is 12.1. The molecule has 0 unspecified atom stereocenters. The fourth-order valence-electron chi connectivity index (χ4n) is 4.76. The molecule has 1 aromatic heterocycles. The predicted molar refractivity (Wildman–Crippen MR) is 158 cm³/mol. The number of carbonyl (C=O) groups is 2. The van der Waals surface area contributed by atoms with Gasteiger partial charge in [0.15, 0.2) is 0 Å². The van der Waals surface area contributed by atoms with Crippen molar-refractivity contribution in [3.63, 3.8) is 0 Å². The van der Waals surface area contributed by atoms with Gasteiger partial charge in [-0.25, -0.2) is 4.68 Å². The van der Waals surface area contributed by atoms with Crippen molar-refractivity contribution in [3.05, 3.63) is 78.0 Å². The smallest absolute Gasteiger partial charge is 0.297 e. The molecule has 5 rings (SSSR count). The Kier molecular flexibility index (Phi) is 8.37. The number of hydrogen-bond donors (Lipinski definition) is 1. The first kappa shape index (κ1) is 28.3. The van der Waals surface area contributed by atoms with Crippen molar-refractivity contribution in [1.29, 1.82) is 0 Å². The van der Waals surface area contributed by atoms with Gasteiger partial charge in [-0.3, -0.25) is 14.5 Å². The number of methoxy groups -OCH3 is 1. The molecule has 1 N–H and O–H groups in total. The Hall–Kier alpha value is -4.21. The van der Waals surface area contributed by atoms with Gasteiger partial charge in [0, 0.05) is 42.1 Å². The molecule has 1 amide bonds. The molecule has 0 bridgehead atoms. The number of Topliss-reactive ketones (excluding diaryl/α,β-unsaturated/α-hetero) is 1. The van der Waals surface area contributed by atoms with E-state index in [1.807, 2.05) is 69.3 Å². The van der Waals surface area contributed by atoms with E-state index in [4.69, 9.17) is 19.3 Å². The van der Waals surface area contributed by atoms with Gasteiger partial charge in [-0.15, -0.1) is 0 Å². The van der Waals surface area contributed by atoms with Crippen LogP contribution in [0.4, 0.5) is 5.82 Å². The maximum Gasteiger partial charge on any atom is 0.297 e. The molecule has 1 saturated heterocycles. The van der Waals surface area contributed by atoms with Crippen LogP contribution in [-0.4, -0.2) is 72.9 Å². The quantitative estimate of drug-likeness (QED) is 0.232. The lowest BCUT2D eigenvalue weighted by Gasteiger charge is -2.26. The highest BCUT2D eigenvalue weighted by atomic mass is 16.5. The van der Waals surface area contributed by atoms with Crippen molar-refractivity contribution in [2.75, 3.05) is 51.9 Å². The molecule has 41 heavy (non-hydrogen) atoms. The Balaban J connectivity index is 1.38. The molecular formula is C32H36N4O5. The topological polar surface area (TPSA) is 94.9 Å². The van der Waals surface area contributed by atoms with Gasteiger partial charge in [0.1, 0.15) is 23.9 Å². The molecule has 3 aromatic carbocycles. The molecule has 1 fully saturated rings. The summed E-state index contributed by atoms with van der Waals surface area (Å²) in [6, 6.07) is 20.1. The predicted octanol–water partition coefficient (Wildman–Crippen LogP) is 4.86. The van der Waals surface area contributed by atoms with Crippen LogP contribution in [0.15, 0.2) is 66.7 Å². The third-order valence-electron chi connectivity index (χ3n) is 7.14. The van der Waals surface area contributed by atoms with Crippen molar-refractivity contribution < 1.29 is 23.8 Å². The first-order chi connectivity index (χ1) is 19.7. The van der Waals surface area contributed by atoms with Crippen LogP contribution in [0.1, 0.15) is 36.8 Å². The molecule has 2 heterocycles. The van der Waals surface area contributed by atoms with Gasteiger partial charge in [0.25, 0.3) is 11.7 Å². The summed E-state index contributed by atoms with van der Waals surface area (Å²) in [7, 11) is 1.60. The summed E-state index contributed by atoms with van der Waals surface area (Å²) in [5.74, 6) is 0.411. The van der Waals surface area contributed by atoms with Crippen molar-refractivity contribution in [2.24, 2.45) is 0 Å². The van der Waals surface area contributed by atoms with Gasteiger partial charge >= 0.3 is 0 Å². The summed E-state index contributed by atoms with van der Waals surface area (Å²) in [6.07, 6.45) is 0. The average molecular weight is 557 g/mol. The van der Waals surface area contributed by atoms with E-state index in [0.29, 0.717) is 34.9 Å². The number of ether oxygens (including phenoxy) is 3. The van der Waals surface area contributed by atoms with Crippen LogP contribution >= 0.6 is 0 Å². The highest BCUT2D eigenvalue weighted by Crippen LogP contribution is 2.30. The van der Waals surface area contributed by atoms with E-state index < -0.39 is 11.7 Å². The van der Waals surface area contributed by atoms with E-state index in [-0.39, 0.29) is 5.41 Å². The highest BCUT2D eigenvalue weighted by molar-refractivity contribution is 6.48. The molecule has 1 aliphatic heterocycles. The molecule has 4 aromatic rings. The lowest BCUT2D eigenvalue weighted by Crippen LogP contribution is -2.38. The minimum Gasteiger partial charge on any atom is -0.497 e. The largest absolute Gasteiger partial charge is 0.497 e. The number of anilines is 1. The van der Waals surface area contributed by atoms with Gasteiger partial charge in [-0.1, -0.05) is 45.0 Å². The van der Waals surface area contributed by atoms with E-state index in [1.54, 1.807) is 30.0 Å². The normalized spacial score (nSPS) is 14.1. The molecule has 0 atom stereocenters. The number of benzene rings is 3. The zero-order chi connectivity index (χ0) is 29.0. The first-order valence-corrected chi connectivity index (χ1v) is 13.8. The van der Waals surface area contributed by atoms with E-state index >= 15 is 0 Å². The zero-order valence-corrected chi connectivity index (χ0v) is 24.0. The fraction of sp³-hybridized carbons (Fsp3) is 0.344. The number of morpholine rings is 1. The molecule has 214 valence electrons.